The first kappa shape index (κ1) is 23.8. The molecular weight excluding hydrogens is 468 g/mol. The van der Waals surface area contributed by atoms with Gasteiger partial charge in [0.25, 0.3) is 5.91 Å². The zero-order chi connectivity index (χ0) is 22.5. The van der Waals surface area contributed by atoms with Gasteiger partial charge in [0.05, 0.1) is 5.56 Å². The highest BCUT2D eigenvalue weighted by Gasteiger charge is 2.32. The number of nitrogens with zero attached hydrogens (tertiary/aromatic N) is 2. The molecule has 0 bridgehead atoms. The standard InChI is InChI=1S/C18H13Cl2F3N2O4S/c1-25(30-18(19,20)23)16(26)15(24-28-2)10-6-3-4-9-13(10)29-17(27)14-11(21)7-5-8-12(14)22/h3-9H,1-2H3/b24-15-. The van der Waals surface area contributed by atoms with E-state index in [9.17, 15) is 22.8 Å². The molecule has 2 rings (SSSR count). The van der Waals surface area contributed by atoms with Gasteiger partial charge in [0.1, 0.15) is 30.1 Å². The van der Waals surface area contributed by atoms with Crippen LogP contribution in [-0.4, -0.2) is 40.0 Å². The van der Waals surface area contributed by atoms with E-state index < -0.39 is 38.7 Å². The normalized spacial score (nSPS) is 11.8. The third-order valence-electron chi connectivity index (χ3n) is 3.42. The Labute approximate surface area is 183 Å². The molecule has 0 N–H and O–H groups in total. The number of amides is 1. The minimum absolute atomic E-state index is 0.0736. The van der Waals surface area contributed by atoms with Crippen molar-refractivity contribution >= 4 is 52.7 Å². The van der Waals surface area contributed by atoms with Crippen molar-refractivity contribution in [3.63, 3.8) is 0 Å². The molecule has 6 nitrogen and oxygen atoms in total. The summed E-state index contributed by atoms with van der Waals surface area (Å²) in [6, 6.07) is 8.38. The van der Waals surface area contributed by atoms with Gasteiger partial charge < -0.3 is 9.57 Å². The highest BCUT2D eigenvalue weighted by Crippen LogP contribution is 2.38. The molecule has 2 aromatic carbocycles. The fraction of sp³-hybridized carbons (Fsp3) is 0.167. The summed E-state index contributed by atoms with van der Waals surface area (Å²) in [5, 5.41) is 3.59. The maximum Gasteiger partial charge on any atom is 0.349 e. The summed E-state index contributed by atoms with van der Waals surface area (Å²) in [6.45, 7) is 0. The van der Waals surface area contributed by atoms with Crippen LogP contribution in [0.4, 0.5) is 13.2 Å². The zero-order valence-corrected chi connectivity index (χ0v) is 17.7. The molecular formula is C18H13Cl2F3N2O4S. The first-order chi connectivity index (χ1) is 14.0. The maximum atomic E-state index is 13.9. The minimum atomic E-state index is -2.81. The number of oxime groups is 1. The number of hydrogen-bond acceptors (Lipinski definition) is 6. The van der Waals surface area contributed by atoms with Gasteiger partial charge in [-0.15, -0.1) is 0 Å². The summed E-state index contributed by atoms with van der Waals surface area (Å²) in [4.78, 5) is 29.7. The second-order valence-electron chi connectivity index (χ2n) is 5.44. The Kier molecular flexibility index (Phi) is 7.99. The molecule has 0 atom stereocenters. The molecule has 0 aromatic heterocycles. The number of para-hydroxylation sites is 1. The number of likely N-dealkylation sites (N-methyl/N-ethyl adjacent to an activating group) is 1. The van der Waals surface area contributed by atoms with Crippen LogP contribution in [0, 0.1) is 11.6 Å². The second-order valence-corrected chi connectivity index (χ2v) is 8.42. The summed E-state index contributed by atoms with van der Waals surface area (Å²) in [5.41, 5.74) is -1.40. The van der Waals surface area contributed by atoms with Gasteiger partial charge in [0.15, 0.2) is 5.71 Å². The monoisotopic (exact) mass is 480 g/mol. The van der Waals surface area contributed by atoms with Crippen molar-refractivity contribution in [3.8, 4) is 5.75 Å². The molecule has 0 saturated heterocycles. The smallest absolute Gasteiger partial charge is 0.349 e. The van der Waals surface area contributed by atoms with Gasteiger partial charge in [-0.1, -0.05) is 46.6 Å². The molecule has 0 unspecified atom stereocenters. The van der Waals surface area contributed by atoms with Crippen LogP contribution in [0.25, 0.3) is 0 Å². The third kappa shape index (κ3) is 6.04. The molecule has 0 aliphatic rings. The van der Waals surface area contributed by atoms with E-state index in [2.05, 4.69) is 9.99 Å². The van der Waals surface area contributed by atoms with Crippen LogP contribution in [0.15, 0.2) is 47.6 Å². The highest BCUT2D eigenvalue weighted by atomic mass is 35.5. The van der Waals surface area contributed by atoms with Crippen molar-refractivity contribution in [2.45, 2.75) is 3.92 Å². The van der Waals surface area contributed by atoms with Crippen LogP contribution in [0.5, 0.6) is 5.75 Å². The first-order valence-corrected chi connectivity index (χ1v) is 9.48. The van der Waals surface area contributed by atoms with Gasteiger partial charge >= 0.3 is 9.89 Å². The highest BCUT2D eigenvalue weighted by molar-refractivity contribution is 8.01. The van der Waals surface area contributed by atoms with Gasteiger partial charge in [-0.2, -0.15) is 4.39 Å². The maximum absolute atomic E-state index is 13.9. The Morgan fingerprint density at radius 1 is 1.10 bits per heavy atom. The molecule has 12 heteroatoms. The van der Waals surface area contributed by atoms with Gasteiger partial charge in [-0.05, 0) is 24.3 Å². The largest absolute Gasteiger partial charge is 0.422 e. The van der Waals surface area contributed by atoms with E-state index in [1.165, 1.54) is 31.3 Å². The van der Waals surface area contributed by atoms with Crippen LogP contribution in [0.2, 0.25) is 0 Å². The Hall–Kier alpha value is -2.43. The molecule has 1 amide bonds. The molecule has 2 aromatic rings. The first-order valence-electron chi connectivity index (χ1n) is 7.95. The van der Waals surface area contributed by atoms with Crippen molar-refractivity contribution in [1.82, 2.24) is 4.31 Å². The Morgan fingerprint density at radius 2 is 1.70 bits per heavy atom. The fourth-order valence-electron chi connectivity index (χ4n) is 2.24. The van der Waals surface area contributed by atoms with E-state index in [1.807, 2.05) is 0 Å². The molecule has 0 spiro atoms. The zero-order valence-electron chi connectivity index (χ0n) is 15.4. The summed E-state index contributed by atoms with van der Waals surface area (Å²) in [7, 11) is 2.31. The van der Waals surface area contributed by atoms with E-state index in [-0.39, 0.29) is 23.3 Å². The van der Waals surface area contributed by atoms with E-state index >= 15 is 0 Å². The van der Waals surface area contributed by atoms with Crippen molar-refractivity contribution in [2.24, 2.45) is 5.16 Å². The molecule has 0 fully saturated rings. The number of hydrogen-bond donors (Lipinski definition) is 0. The molecule has 30 heavy (non-hydrogen) atoms. The number of carbonyl (C=O) groups is 2. The van der Waals surface area contributed by atoms with Crippen molar-refractivity contribution < 1.29 is 32.3 Å². The van der Waals surface area contributed by atoms with Crippen molar-refractivity contribution in [1.29, 1.82) is 0 Å². The number of esters is 1. The Balaban J connectivity index is 2.41. The molecule has 0 radical (unpaired) electrons. The predicted molar refractivity (Wildman–Crippen MR) is 107 cm³/mol. The molecule has 0 saturated carbocycles. The summed E-state index contributed by atoms with van der Waals surface area (Å²) < 4.78 is 44.2. The van der Waals surface area contributed by atoms with Crippen molar-refractivity contribution in [3.05, 3.63) is 65.2 Å². The average molecular weight is 481 g/mol. The quantitative estimate of drug-likeness (QED) is 0.143. The number of rotatable bonds is 7. The number of alkyl halides is 3. The summed E-state index contributed by atoms with van der Waals surface area (Å²) in [6.07, 6.45) is 0. The number of benzene rings is 2. The topological polar surface area (TPSA) is 68.2 Å². The Morgan fingerprint density at radius 3 is 2.27 bits per heavy atom. The molecule has 0 heterocycles. The van der Waals surface area contributed by atoms with Crippen LogP contribution < -0.4 is 4.74 Å². The number of ether oxygens (including phenoxy) is 1. The number of carbonyl (C=O) groups excluding carboxylic acids is 2. The summed E-state index contributed by atoms with van der Waals surface area (Å²) in [5.74, 6) is -4.76. The van der Waals surface area contributed by atoms with Gasteiger partial charge in [0, 0.05) is 19.0 Å². The Bertz CT molecular complexity index is 966. The van der Waals surface area contributed by atoms with Crippen LogP contribution in [0.1, 0.15) is 15.9 Å². The van der Waals surface area contributed by atoms with E-state index in [0.717, 1.165) is 29.6 Å². The van der Waals surface area contributed by atoms with Crippen LogP contribution >= 0.6 is 35.1 Å². The average Bonchev–Trinajstić information content (AvgIpc) is 2.65. The summed E-state index contributed by atoms with van der Waals surface area (Å²) >= 11 is 10.6. The van der Waals surface area contributed by atoms with E-state index in [4.69, 9.17) is 27.9 Å². The SMILES string of the molecule is CO/N=C(\C(=O)N(C)SC(F)(Cl)Cl)c1ccccc1OC(=O)c1c(F)cccc1F. The van der Waals surface area contributed by atoms with Crippen molar-refractivity contribution in [2.75, 3.05) is 14.2 Å². The second kappa shape index (κ2) is 10.1. The third-order valence-corrected chi connectivity index (χ3v) is 4.48. The van der Waals surface area contributed by atoms with Gasteiger partial charge in [-0.25, -0.2) is 13.6 Å². The lowest BCUT2D eigenvalue weighted by Crippen LogP contribution is -2.31. The van der Waals surface area contributed by atoms with E-state index in [0.29, 0.717) is 0 Å². The molecule has 160 valence electrons. The lowest BCUT2D eigenvalue weighted by atomic mass is 10.1. The number of halogens is 5. The van der Waals surface area contributed by atoms with Gasteiger partial charge in [0.2, 0.25) is 0 Å². The van der Waals surface area contributed by atoms with Gasteiger partial charge in [-0.3, -0.25) is 9.10 Å². The molecule has 0 aliphatic carbocycles. The van der Waals surface area contributed by atoms with Crippen LogP contribution in [0.3, 0.4) is 0 Å². The van der Waals surface area contributed by atoms with Crippen LogP contribution in [-0.2, 0) is 9.63 Å². The predicted octanol–water partition coefficient (Wildman–Crippen LogP) is 4.70. The van der Waals surface area contributed by atoms with E-state index in [1.54, 1.807) is 0 Å². The lowest BCUT2D eigenvalue weighted by molar-refractivity contribution is -0.118. The minimum Gasteiger partial charge on any atom is -0.422 e. The fourth-order valence-corrected chi connectivity index (χ4v) is 3.34. The lowest BCUT2D eigenvalue weighted by Gasteiger charge is -2.20. The molecule has 0 aliphatic heterocycles.